The summed E-state index contributed by atoms with van der Waals surface area (Å²) >= 11 is 0. The second-order valence-corrected chi connectivity index (χ2v) is 11.0. The number of rotatable bonds is 10. The molecule has 0 radical (unpaired) electrons. The van der Waals surface area contributed by atoms with Crippen molar-refractivity contribution >= 4 is 11.9 Å². The van der Waals surface area contributed by atoms with Crippen molar-refractivity contribution in [1.82, 2.24) is 10.2 Å². The van der Waals surface area contributed by atoms with Crippen molar-refractivity contribution in [1.29, 1.82) is 0 Å². The Labute approximate surface area is 252 Å². The van der Waals surface area contributed by atoms with Gasteiger partial charge in [0.2, 0.25) is 0 Å². The summed E-state index contributed by atoms with van der Waals surface area (Å²) < 4.78 is 23.6. The first-order valence-electron chi connectivity index (χ1n) is 14.8. The second kappa shape index (κ2) is 14.7. The standard InChI is InChI=1S/C34H40N2O7/c1-23(41-24(2)38)33(39)35-20-29-5-3-4-6-31(29)26-11-13-28(14-12-26)34-42-30(21-36-15-17-40-18-16-36)19-32(43-34)27-9-7-25(22-37)8-10-27/h3-14,23,30,32,34,37H,15-22H2,1-2H3,(H,35,39)/t23-,30+,32-,34-/m0/s1. The molecule has 3 aromatic rings. The van der Waals surface area contributed by atoms with Crippen LogP contribution in [0.25, 0.3) is 11.1 Å². The molecule has 0 aliphatic carbocycles. The van der Waals surface area contributed by atoms with Crippen LogP contribution in [-0.4, -0.2) is 66.9 Å². The van der Waals surface area contributed by atoms with Crippen LogP contribution in [0.3, 0.4) is 0 Å². The van der Waals surface area contributed by atoms with Gasteiger partial charge in [-0.2, -0.15) is 0 Å². The second-order valence-electron chi connectivity index (χ2n) is 11.0. The minimum absolute atomic E-state index is 0.00640. The van der Waals surface area contributed by atoms with Crippen molar-refractivity contribution in [3.05, 3.63) is 95.1 Å². The fourth-order valence-electron chi connectivity index (χ4n) is 5.51. The first-order valence-corrected chi connectivity index (χ1v) is 14.8. The van der Waals surface area contributed by atoms with Gasteiger partial charge in [-0.05, 0) is 34.7 Å². The highest BCUT2D eigenvalue weighted by Crippen LogP contribution is 2.39. The van der Waals surface area contributed by atoms with Crippen molar-refractivity contribution in [3.63, 3.8) is 0 Å². The molecule has 2 aliphatic heterocycles. The topological polar surface area (TPSA) is 107 Å². The third-order valence-corrected chi connectivity index (χ3v) is 7.86. The summed E-state index contributed by atoms with van der Waals surface area (Å²) in [4.78, 5) is 26.0. The Bertz CT molecular complexity index is 1360. The number of carbonyl (C=O) groups excluding carboxylic acids is 2. The maximum Gasteiger partial charge on any atom is 0.303 e. The van der Waals surface area contributed by atoms with Gasteiger partial charge < -0.3 is 29.4 Å². The van der Waals surface area contributed by atoms with Crippen molar-refractivity contribution in [2.45, 2.75) is 58.0 Å². The van der Waals surface area contributed by atoms with Gasteiger partial charge in [-0.25, -0.2) is 0 Å². The Morgan fingerprint density at radius 2 is 1.67 bits per heavy atom. The molecule has 0 unspecified atom stereocenters. The number of morpholine rings is 1. The highest BCUT2D eigenvalue weighted by Gasteiger charge is 2.33. The van der Waals surface area contributed by atoms with Gasteiger partial charge in [0.05, 0.1) is 32.0 Å². The van der Waals surface area contributed by atoms with E-state index in [4.69, 9.17) is 18.9 Å². The predicted molar refractivity (Wildman–Crippen MR) is 161 cm³/mol. The normalized spacial score (nSPS) is 21.6. The Hall–Kier alpha value is -3.60. The van der Waals surface area contributed by atoms with E-state index in [0.29, 0.717) is 6.54 Å². The van der Waals surface area contributed by atoms with Crippen LogP contribution >= 0.6 is 0 Å². The summed E-state index contributed by atoms with van der Waals surface area (Å²) in [5.74, 6) is -0.841. The van der Waals surface area contributed by atoms with E-state index in [1.807, 2.05) is 72.8 Å². The number of esters is 1. The highest BCUT2D eigenvalue weighted by atomic mass is 16.7. The average Bonchev–Trinajstić information content (AvgIpc) is 3.04. The van der Waals surface area contributed by atoms with Crippen LogP contribution in [0.2, 0.25) is 0 Å². The van der Waals surface area contributed by atoms with Gasteiger partial charge in [0.1, 0.15) is 0 Å². The molecule has 43 heavy (non-hydrogen) atoms. The number of carbonyl (C=O) groups is 2. The van der Waals surface area contributed by atoms with E-state index in [2.05, 4.69) is 10.2 Å². The van der Waals surface area contributed by atoms with Crippen LogP contribution in [0.1, 0.15) is 54.9 Å². The molecule has 2 fully saturated rings. The van der Waals surface area contributed by atoms with Crippen molar-refractivity contribution in [2.24, 2.45) is 0 Å². The van der Waals surface area contributed by atoms with Gasteiger partial charge in [0.25, 0.3) is 5.91 Å². The highest BCUT2D eigenvalue weighted by molar-refractivity contribution is 5.83. The van der Waals surface area contributed by atoms with E-state index in [1.54, 1.807) is 6.92 Å². The molecule has 0 bridgehead atoms. The Morgan fingerprint density at radius 3 is 2.37 bits per heavy atom. The Balaban J connectivity index is 1.31. The molecule has 0 aromatic heterocycles. The van der Waals surface area contributed by atoms with Gasteiger partial charge in [0, 0.05) is 45.1 Å². The molecule has 2 N–H and O–H groups in total. The van der Waals surface area contributed by atoms with E-state index >= 15 is 0 Å². The minimum atomic E-state index is -0.858. The number of hydrogen-bond donors (Lipinski definition) is 2. The Kier molecular flexibility index (Phi) is 10.6. The van der Waals surface area contributed by atoms with Gasteiger partial charge in [-0.1, -0.05) is 72.8 Å². The number of aliphatic hydroxyl groups excluding tert-OH is 1. The van der Waals surface area contributed by atoms with Gasteiger partial charge >= 0.3 is 5.97 Å². The third kappa shape index (κ3) is 8.28. The summed E-state index contributed by atoms with van der Waals surface area (Å²) in [5.41, 5.74) is 5.79. The van der Waals surface area contributed by atoms with Crippen LogP contribution in [0.4, 0.5) is 0 Å². The van der Waals surface area contributed by atoms with E-state index < -0.39 is 18.4 Å². The van der Waals surface area contributed by atoms with E-state index in [0.717, 1.165) is 72.6 Å². The lowest BCUT2D eigenvalue weighted by atomic mass is 9.97. The summed E-state index contributed by atoms with van der Waals surface area (Å²) in [6, 6.07) is 23.9. The lowest BCUT2D eigenvalue weighted by Gasteiger charge is -2.39. The number of benzene rings is 3. The summed E-state index contributed by atoms with van der Waals surface area (Å²) in [5, 5.41) is 12.3. The average molecular weight is 589 g/mol. The van der Waals surface area contributed by atoms with Gasteiger partial charge in [-0.3, -0.25) is 14.5 Å². The van der Waals surface area contributed by atoms with Crippen LogP contribution in [-0.2, 0) is 41.7 Å². The smallest absolute Gasteiger partial charge is 0.303 e. The molecule has 9 heteroatoms. The number of hydrogen-bond acceptors (Lipinski definition) is 8. The molecule has 1 amide bonds. The fourth-order valence-corrected chi connectivity index (χ4v) is 5.51. The van der Waals surface area contributed by atoms with Crippen molar-refractivity contribution in [3.8, 4) is 11.1 Å². The maximum atomic E-state index is 12.4. The number of nitrogens with one attached hydrogen (secondary N) is 1. The van der Waals surface area contributed by atoms with Crippen molar-refractivity contribution in [2.75, 3.05) is 32.8 Å². The number of nitrogens with zero attached hydrogens (tertiary/aromatic N) is 1. The zero-order valence-electron chi connectivity index (χ0n) is 24.7. The lowest BCUT2D eigenvalue weighted by Crippen LogP contribution is -2.44. The molecule has 228 valence electrons. The van der Waals surface area contributed by atoms with Crippen LogP contribution < -0.4 is 5.32 Å². The number of amides is 1. The first kappa shape index (κ1) is 30.8. The quantitative estimate of drug-likeness (QED) is 0.338. The summed E-state index contributed by atoms with van der Waals surface area (Å²) in [7, 11) is 0. The fraction of sp³-hybridized carbons (Fsp3) is 0.412. The van der Waals surface area contributed by atoms with E-state index in [1.165, 1.54) is 6.92 Å². The zero-order chi connectivity index (χ0) is 30.2. The van der Waals surface area contributed by atoms with Crippen LogP contribution in [0.15, 0.2) is 72.8 Å². The lowest BCUT2D eigenvalue weighted by molar-refractivity contribution is -0.253. The largest absolute Gasteiger partial charge is 0.453 e. The van der Waals surface area contributed by atoms with E-state index in [-0.39, 0.29) is 24.7 Å². The van der Waals surface area contributed by atoms with E-state index in [9.17, 15) is 14.7 Å². The van der Waals surface area contributed by atoms with Crippen LogP contribution in [0.5, 0.6) is 0 Å². The molecule has 9 nitrogen and oxygen atoms in total. The minimum Gasteiger partial charge on any atom is -0.453 e. The van der Waals surface area contributed by atoms with Crippen LogP contribution in [0, 0.1) is 0 Å². The van der Waals surface area contributed by atoms with Crippen molar-refractivity contribution < 1.29 is 33.6 Å². The third-order valence-electron chi connectivity index (χ3n) is 7.86. The summed E-state index contributed by atoms with van der Waals surface area (Å²) in [6.45, 7) is 7.19. The first-order chi connectivity index (χ1) is 20.9. The molecule has 4 atom stereocenters. The molecular formula is C34H40N2O7. The molecule has 5 rings (SSSR count). The predicted octanol–water partition coefficient (Wildman–Crippen LogP) is 4.29. The molecule has 2 saturated heterocycles. The maximum absolute atomic E-state index is 12.4. The Morgan fingerprint density at radius 1 is 0.977 bits per heavy atom. The molecule has 2 aliphatic rings. The summed E-state index contributed by atoms with van der Waals surface area (Å²) in [6.07, 6.45) is -0.815. The molecular weight excluding hydrogens is 548 g/mol. The number of aliphatic hydroxyl groups is 1. The number of ether oxygens (including phenoxy) is 4. The molecule has 3 aromatic carbocycles. The van der Waals surface area contributed by atoms with Gasteiger partial charge in [-0.15, -0.1) is 0 Å². The zero-order valence-corrected chi connectivity index (χ0v) is 24.7. The SMILES string of the molecule is CC(=O)O[C@@H](C)C(=O)NCc1ccccc1-c1ccc([C@H]2O[C@@H](CN3CCOCC3)C[C@@H](c3ccc(CO)cc3)O2)cc1. The monoisotopic (exact) mass is 588 g/mol. The molecule has 2 heterocycles. The molecule has 0 spiro atoms. The molecule has 0 saturated carbocycles. The van der Waals surface area contributed by atoms with Gasteiger partial charge in [0.15, 0.2) is 12.4 Å².